The van der Waals surface area contributed by atoms with E-state index >= 15 is 0 Å². The summed E-state index contributed by atoms with van der Waals surface area (Å²) in [5.41, 5.74) is 0. The van der Waals surface area contributed by atoms with Gasteiger partial charge >= 0.3 is 0 Å². The fourth-order valence-corrected chi connectivity index (χ4v) is 2.72. The molecule has 2 unspecified atom stereocenters. The van der Waals surface area contributed by atoms with Crippen molar-refractivity contribution in [3.63, 3.8) is 0 Å². The molecule has 1 heterocycles. The summed E-state index contributed by atoms with van der Waals surface area (Å²) in [5, 5.41) is 3.41. The normalized spacial score (nSPS) is 27.1. The monoisotopic (exact) mass is 240 g/mol. The number of hydrogen-bond donors (Lipinski definition) is 1. The van der Waals surface area contributed by atoms with Crippen molar-refractivity contribution in [1.29, 1.82) is 0 Å². The first-order valence-corrected chi connectivity index (χ1v) is 6.89. The van der Waals surface area contributed by atoms with Gasteiger partial charge in [-0.1, -0.05) is 27.7 Å². The van der Waals surface area contributed by atoms with Gasteiger partial charge in [-0.2, -0.15) is 0 Å². The second-order valence-corrected chi connectivity index (χ2v) is 6.17. The van der Waals surface area contributed by atoms with E-state index in [9.17, 15) is 4.79 Å². The van der Waals surface area contributed by atoms with Crippen LogP contribution in [0.3, 0.4) is 0 Å². The lowest BCUT2D eigenvalue weighted by atomic mass is 9.90. The largest absolute Gasteiger partial charge is 0.336 e. The SMILES string of the molecule is CC(C)C1CC(C(C)C)N(C(C)C)C(=O)CN1. The predicted molar refractivity (Wildman–Crippen MR) is 71.9 cm³/mol. The maximum Gasteiger partial charge on any atom is 0.237 e. The van der Waals surface area contributed by atoms with Gasteiger partial charge in [0, 0.05) is 18.1 Å². The minimum atomic E-state index is 0.252. The molecule has 0 aromatic carbocycles. The Morgan fingerprint density at radius 2 is 1.71 bits per heavy atom. The molecule has 1 saturated heterocycles. The summed E-state index contributed by atoms with van der Waals surface area (Å²) in [7, 11) is 0. The van der Waals surface area contributed by atoms with Crippen LogP contribution in [0.1, 0.15) is 48.0 Å². The summed E-state index contributed by atoms with van der Waals surface area (Å²) in [6.45, 7) is 13.6. The quantitative estimate of drug-likeness (QED) is 0.820. The van der Waals surface area contributed by atoms with E-state index in [1.807, 2.05) is 0 Å². The number of carbonyl (C=O) groups excluding carboxylic acids is 1. The Morgan fingerprint density at radius 3 is 2.12 bits per heavy atom. The molecule has 1 aliphatic rings. The molecule has 0 saturated carbocycles. The standard InChI is InChI=1S/C14H28N2O/c1-9(2)12-7-13(10(3)4)16(11(5)6)14(17)8-15-12/h9-13,15H,7-8H2,1-6H3. The van der Waals surface area contributed by atoms with Gasteiger partial charge in [-0.05, 0) is 32.1 Å². The number of carbonyl (C=O) groups is 1. The third-order valence-electron chi connectivity index (χ3n) is 3.79. The van der Waals surface area contributed by atoms with Crippen LogP contribution in [0.2, 0.25) is 0 Å². The number of nitrogens with zero attached hydrogens (tertiary/aromatic N) is 1. The van der Waals surface area contributed by atoms with Crippen LogP contribution >= 0.6 is 0 Å². The first kappa shape index (κ1) is 14.5. The summed E-state index contributed by atoms with van der Waals surface area (Å²) in [4.78, 5) is 14.3. The fourth-order valence-electron chi connectivity index (χ4n) is 2.72. The Hall–Kier alpha value is -0.570. The van der Waals surface area contributed by atoms with Gasteiger partial charge in [0.15, 0.2) is 0 Å². The molecule has 2 atom stereocenters. The number of hydrogen-bond acceptors (Lipinski definition) is 2. The molecule has 0 radical (unpaired) electrons. The highest BCUT2D eigenvalue weighted by Gasteiger charge is 2.34. The Bertz CT molecular complexity index is 261. The highest BCUT2D eigenvalue weighted by atomic mass is 16.2. The lowest BCUT2D eigenvalue weighted by molar-refractivity contribution is -0.134. The van der Waals surface area contributed by atoms with Gasteiger partial charge in [-0.15, -0.1) is 0 Å². The van der Waals surface area contributed by atoms with E-state index in [0.29, 0.717) is 36.5 Å². The Morgan fingerprint density at radius 1 is 1.12 bits per heavy atom. The average Bonchev–Trinajstić information content (AvgIpc) is 2.36. The van der Waals surface area contributed by atoms with Crippen LogP contribution in [0.5, 0.6) is 0 Å². The molecule has 0 aliphatic carbocycles. The number of rotatable bonds is 3. The predicted octanol–water partition coefficient (Wildman–Crippen LogP) is 2.27. The molecule has 3 nitrogen and oxygen atoms in total. The lowest BCUT2D eigenvalue weighted by Crippen LogP contribution is -2.47. The minimum Gasteiger partial charge on any atom is -0.336 e. The average molecular weight is 240 g/mol. The van der Waals surface area contributed by atoms with Crippen molar-refractivity contribution >= 4 is 5.91 Å². The van der Waals surface area contributed by atoms with E-state index in [1.165, 1.54) is 0 Å². The summed E-state index contributed by atoms with van der Waals surface area (Å²) >= 11 is 0. The van der Waals surface area contributed by atoms with Crippen molar-refractivity contribution in [2.75, 3.05) is 6.54 Å². The molecule has 3 heteroatoms. The highest BCUT2D eigenvalue weighted by Crippen LogP contribution is 2.24. The molecule has 1 aliphatic heterocycles. The first-order chi connectivity index (χ1) is 7.84. The maximum atomic E-state index is 12.2. The van der Waals surface area contributed by atoms with Crippen molar-refractivity contribution in [1.82, 2.24) is 10.2 Å². The van der Waals surface area contributed by atoms with Crippen molar-refractivity contribution in [2.24, 2.45) is 11.8 Å². The Balaban J connectivity index is 2.92. The maximum absolute atomic E-state index is 12.2. The number of nitrogens with one attached hydrogen (secondary N) is 1. The molecule has 17 heavy (non-hydrogen) atoms. The topological polar surface area (TPSA) is 32.3 Å². The molecule has 1 amide bonds. The molecular formula is C14H28N2O. The van der Waals surface area contributed by atoms with E-state index in [4.69, 9.17) is 0 Å². The zero-order valence-corrected chi connectivity index (χ0v) is 12.2. The fraction of sp³-hybridized carbons (Fsp3) is 0.929. The van der Waals surface area contributed by atoms with Crippen LogP contribution in [0, 0.1) is 11.8 Å². The van der Waals surface area contributed by atoms with E-state index < -0.39 is 0 Å². The van der Waals surface area contributed by atoms with Crippen molar-refractivity contribution < 1.29 is 4.79 Å². The van der Waals surface area contributed by atoms with Gasteiger partial charge in [0.05, 0.1) is 6.54 Å². The molecule has 0 bridgehead atoms. The molecule has 1 rings (SSSR count). The summed E-state index contributed by atoms with van der Waals surface area (Å²) in [6, 6.07) is 1.11. The summed E-state index contributed by atoms with van der Waals surface area (Å²) in [5.74, 6) is 1.35. The number of amides is 1. The molecule has 100 valence electrons. The first-order valence-electron chi connectivity index (χ1n) is 6.89. The molecule has 0 aromatic heterocycles. The van der Waals surface area contributed by atoms with Crippen LogP contribution in [-0.4, -0.2) is 35.5 Å². The summed E-state index contributed by atoms with van der Waals surface area (Å²) in [6.07, 6.45) is 1.07. The second kappa shape index (κ2) is 5.85. The zero-order valence-electron chi connectivity index (χ0n) is 12.2. The van der Waals surface area contributed by atoms with E-state index in [2.05, 4.69) is 51.8 Å². The van der Waals surface area contributed by atoms with Crippen LogP contribution in [0.15, 0.2) is 0 Å². The van der Waals surface area contributed by atoms with E-state index in [1.54, 1.807) is 0 Å². The van der Waals surface area contributed by atoms with Gasteiger partial charge in [0.1, 0.15) is 0 Å². The van der Waals surface area contributed by atoms with Gasteiger partial charge in [0.25, 0.3) is 0 Å². The van der Waals surface area contributed by atoms with Crippen LogP contribution in [0.25, 0.3) is 0 Å². The van der Waals surface area contributed by atoms with Crippen molar-refractivity contribution in [3.8, 4) is 0 Å². The van der Waals surface area contributed by atoms with Crippen molar-refractivity contribution in [3.05, 3.63) is 0 Å². The Labute approximate surface area is 106 Å². The lowest BCUT2D eigenvalue weighted by Gasteiger charge is -2.37. The van der Waals surface area contributed by atoms with Crippen LogP contribution in [-0.2, 0) is 4.79 Å². The zero-order chi connectivity index (χ0) is 13.2. The summed E-state index contributed by atoms with van der Waals surface area (Å²) < 4.78 is 0. The molecule has 1 N–H and O–H groups in total. The second-order valence-electron chi connectivity index (χ2n) is 6.17. The third-order valence-corrected chi connectivity index (χ3v) is 3.79. The van der Waals surface area contributed by atoms with Crippen molar-refractivity contribution in [2.45, 2.75) is 66.1 Å². The third kappa shape index (κ3) is 3.44. The minimum absolute atomic E-state index is 0.252. The van der Waals surface area contributed by atoms with E-state index in [0.717, 1.165) is 6.42 Å². The molecule has 1 fully saturated rings. The van der Waals surface area contributed by atoms with Gasteiger partial charge in [-0.25, -0.2) is 0 Å². The van der Waals surface area contributed by atoms with E-state index in [-0.39, 0.29) is 5.91 Å². The van der Waals surface area contributed by atoms with Gasteiger partial charge in [-0.3, -0.25) is 4.79 Å². The van der Waals surface area contributed by atoms with Crippen LogP contribution < -0.4 is 5.32 Å². The Kier molecular flexibility index (Phi) is 4.99. The smallest absolute Gasteiger partial charge is 0.237 e. The molecule has 0 spiro atoms. The molecular weight excluding hydrogens is 212 g/mol. The van der Waals surface area contributed by atoms with Gasteiger partial charge < -0.3 is 10.2 Å². The van der Waals surface area contributed by atoms with Gasteiger partial charge in [0.2, 0.25) is 5.91 Å². The highest BCUT2D eigenvalue weighted by molar-refractivity contribution is 5.79. The van der Waals surface area contributed by atoms with Crippen LogP contribution in [0.4, 0.5) is 0 Å². The molecule has 0 aromatic rings.